The van der Waals surface area contributed by atoms with Gasteiger partial charge in [0, 0.05) is 6.20 Å². The van der Waals surface area contributed by atoms with Gasteiger partial charge in [0.05, 0.1) is 11.0 Å². The molecule has 7 nitrogen and oxygen atoms in total. The van der Waals surface area contributed by atoms with Crippen molar-refractivity contribution in [3.05, 3.63) is 59.9 Å². The Morgan fingerprint density at radius 2 is 2.13 bits per heavy atom. The summed E-state index contributed by atoms with van der Waals surface area (Å²) < 4.78 is 4.96. The Morgan fingerprint density at radius 3 is 2.83 bits per heavy atom. The number of nitriles is 1. The van der Waals surface area contributed by atoms with Gasteiger partial charge in [0.2, 0.25) is 0 Å². The maximum Gasteiger partial charge on any atom is 0.355 e. The molecule has 0 atom stereocenters. The number of nitrogens with zero attached hydrogens (tertiary/aromatic N) is 2. The van der Waals surface area contributed by atoms with Crippen LogP contribution in [0.25, 0.3) is 16.6 Å². The fourth-order valence-corrected chi connectivity index (χ4v) is 2.07. The fraction of sp³-hybridized carbons (Fsp3) is 0.0625. The van der Waals surface area contributed by atoms with Gasteiger partial charge in [-0.05, 0) is 24.3 Å². The zero-order valence-electron chi connectivity index (χ0n) is 11.9. The molecular formula is C16H12N4O3. The van der Waals surface area contributed by atoms with Crippen molar-refractivity contribution in [1.29, 1.82) is 5.26 Å². The van der Waals surface area contributed by atoms with Crippen LogP contribution in [0.3, 0.4) is 0 Å². The van der Waals surface area contributed by atoms with Crippen LogP contribution in [0.15, 0.2) is 48.4 Å². The summed E-state index contributed by atoms with van der Waals surface area (Å²) >= 11 is 0. The number of carbonyl (C=O) groups is 1. The van der Waals surface area contributed by atoms with E-state index in [1.807, 2.05) is 24.3 Å². The van der Waals surface area contributed by atoms with Crippen LogP contribution < -0.4 is 0 Å². The van der Waals surface area contributed by atoms with Crippen LogP contribution in [0.4, 0.5) is 0 Å². The normalized spacial score (nSPS) is 11.8. The van der Waals surface area contributed by atoms with E-state index >= 15 is 0 Å². The molecule has 0 aliphatic heterocycles. The van der Waals surface area contributed by atoms with Crippen molar-refractivity contribution in [3.8, 4) is 6.07 Å². The molecule has 114 valence electrons. The van der Waals surface area contributed by atoms with Crippen LogP contribution in [-0.4, -0.2) is 32.6 Å². The van der Waals surface area contributed by atoms with Crippen molar-refractivity contribution in [2.75, 3.05) is 6.61 Å². The molecule has 0 spiro atoms. The molecular weight excluding hydrogens is 296 g/mol. The van der Waals surface area contributed by atoms with E-state index in [0.29, 0.717) is 5.52 Å². The third-order valence-electron chi connectivity index (χ3n) is 3.18. The van der Waals surface area contributed by atoms with Crippen molar-refractivity contribution in [1.82, 2.24) is 15.0 Å². The van der Waals surface area contributed by atoms with Crippen LogP contribution in [0.5, 0.6) is 0 Å². The number of para-hydroxylation sites is 2. The minimum absolute atomic E-state index is 0.0690. The number of rotatable bonds is 4. The molecule has 0 saturated carbocycles. The van der Waals surface area contributed by atoms with Gasteiger partial charge in [0.1, 0.15) is 23.9 Å². The highest BCUT2D eigenvalue weighted by atomic mass is 16.5. The van der Waals surface area contributed by atoms with Crippen LogP contribution in [0.1, 0.15) is 16.3 Å². The minimum atomic E-state index is -0.622. The van der Waals surface area contributed by atoms with E-state index in [4.69, 9.17) is 4.74 Å². The lowest BCUT2D eigenvalue weighted by molar-refractivity contribution is 0.0497. The summed E-state index contributed by atoms with van der Waals surface area (Å²) in [6.07, 6.45) is 1.58. The molecule has 0 amide bonds. The monoisotopic (exact) mass is 308 g/mol. The summed E-state index contributed by atoms with van der Waals surface area (Å²) in [7, 11) is 0. The second-order valence-corrected chi connectivity index (χ2v) is 4.70. The first-order chi connectivity index (χ1) is 11.2. The second-order valence-electron chi connectivity index (χ2n) is 4.70. The van der Waals surface area contributed by atoms with Crippen LogP contribution in [-0.2, 0) is 4.74 Å². The molecule has 7 heteroatoms. The molecule has 23 heavy (non-hydrogen) atoms. The molecule has 0 aliphatic carbocycles. The third-order valence-corrected chi connectivity index (χ3v) is 3.18. The summed E-state index contributed by atoms with van der Waals surface area (Å²) in [5.41, 5.74) is 1.61. The standard InChI is InChI=1S/C16H12N4O3/c17-8-10(15-19-11-4-1-2-5-12(11)20-15)14(21)9-23-16(22)13-6-3-7-18-13/h1-7,18,21H,9H2,(H,19,20)/b14-10-. The van der Waals surface area contributed by atoms with Crippen molar-refractivity contribution >= 4 is 22.6 Å². The maximum absolute atomic E-state index is 11.7. The summed E-state index contributed by atoms with van der Waals surface area (Å²) in [6, 6.07) is 12.3. The number of aromatic amines is 2. The summed E-state index contributed by atoms with van der Waals surface area (Å²) in [5.74, 6) is -0.767. The number of fused-ring (bicyclic) bond motifs is 1. The Balaban J connectivity index is 1.82. The fourth-order valence-electron chi connectivity index (χ4n) is 2.07. The van der Waals surface area contributed by atoms with Crippen LogP contribution in [0, 0.1) is 11.3 Å². The lowest BCUT2D eigenvalue weighted by atomic mass is 10.2. The predicted octanol–water partition coefficient (Wildman–Crippen LogP) is 2.54. The highest BCUT2D eigenvalue weighted by Gasteiger charge is 2.15. The molecule has 0 saturated heterocycles. The molecule has 0 unspecified atom stereocenters. The first-order valence-corrected chi connectivity index (χ1v) is 6.77. The molecule has 2 aromatic heterocycles. The lowest BCUT2D eigenvalue weighted by Gasteiger charge is -2.04. The van der Waals surface area contributed by atoms with Gasteiger partial charge in [-0.25, -0.2) is 9.78 Å². The zero-order chi connectivity index (χ0) is 16.2. The molecule has 2 heterocycles. The largest absolute Gasteiger partial charge is 0.507 e. The molecule has 3 N–H and O–H groups in total. The van der Waals surface area contributed by atoms with E-state index in [9.17, 15) is 15.2 Å². The van der Waals surface area contributed by atoms with E-state index in [1.54, 1.807) is 24.4 Å². The van der Waals surface area contributed by atoms with E-state index in [1.165, 1.54) is 0 Å². The number of nitrogens with one attached hydrogen (secondary N) is 2. The number of aliphatic hydroxyl groups excluding tert-OH is 1. The van der Waals surface area contributed by atoms with Gasteiger partial charge in [-0.1, -0.05) is 12.1 Å². The van der Waals surface area contributed by atoms with Gasteiger partial charge in [0.25, 0.3) is 0 Å². The van der Waals surface area contributed by atoms with Crippen molar-refractivity contribution in [2.45, 2.75) is 0 Å². The molecule has 1 aromatic carbocycles. The molecule has 0 radical (unpaired) electrons. The molecule has 0 aliphatic rings. The average Bonchev–Trinajstić information content (AvgIpc) is 3.22. The third kappa shape index (κ3) is 2.91. The number of imidazole rings is 1. The number of ether oxygens (including phenoxy) is 1. The van der Waals surface area contributed by atoms with Gasteiger partial charge in [-0.3, -0.25) is 0 Å². The first-order valence-electron chi connectivity index (χ1n) is 6.77. The van der Waals surface area contributed by atoms with Crippen LogP contribution in [0.2, 0.25) is 0 Å². The Bertz CT molecular complexity index is 883. The number of esters is 1. The summed E-state index contributed by atoms with van der Waals surface area (Å²) in [5, 5.41) is 19.3. The Kier molecular flexibility index (Phi) is 3.80. The minimum Gasteiger partial charge on any atom is -0.507 e. The van der Waals surface area contributed by atoms with Gasteiger partial charge in [-0.15, -0.1) is 0 Å². The molecule has 3 rings (SSSR count). The summed E-state index contributed by atoms with van der Waals surface area (Å²) in [6.45, 7) is -0.419. The van der Waals surface area contributed by atoms with E-state index in [2.05, 4.69) is 15.0 Å². The Morgan fingerprint density at radius 1 is 1.30 bits per heavy atom. The lowest BCUT2D eigenvalue weighted by Crippen LogP contribution is -2.09. The number of hydrogen-bond acceptors (Lipinski definition) is 5. The maximum atomic E-state index is 11.7. The molecule has 3 aromatic rings. The highest BCUT2D eigenvalue weighted by molar-refractivity contribution is 5.87. The van der Waals surface area contributed by atoms with Gasteiger partial charge >= 0.3 is 5.97 Å². The predicted molar refractivity (Wildman–Crippen MR) is 82.3 cm³/mol. The van der Waals surface area contributed by atoms with Gasteiger partial charge < -0.3 is 19.8 Å². The smallest absolute Gasteiger partial charge is 0.355 e. The highest BCUT2D eigenvalue weighted by Crippen LogP contribution is 2.18. The Labute approximate surface area is 130 Å². The Hall–Kier alpha value is -3.53. The van der Waals surface area contributed by atoms with E-state index in [0.717, 1.165) is 5.52 Å². The van der Waals surface area contributed by atoms with E-state index in [-0.39, 0.29) is 22.9 Å². The number of benzene rings is 1. The molecule has 0 bridgehead atoms. The topological polar surface area (TPSA) is 115 Å². The molecule has 0 fully saturated rings. The SMILES string of the molecule is N#C/C(=C(/O)COC(=O)c1ccc[nH]1)c1nc2ccccc2[nH]1. The van der Waals surface area contributed by atoms with Gasteiger partial charge in [-0.2, -0.15) is 5.26 Å². The number of hydrogen-bond donors (Lipinski definition) is 3. The van der Waals surface area contributed by atoms with Gasteiger partial charge in [0.15, 0.2) is 11.6 Å². The average molecular weight is 308 g/mol. The second kappa shape index (κ2) is 6.07. The van der Waals surface area contributed by atoms with Crippen molar-refractivity contribution in [2.24, 2.45) is 0 Å². The quantitative estimate of drug-likeness (QED) is 0.389. The van der Waals surface area contributed by atoms with Crippen molar-refractivity contribution in [3.63, 3.8) is 0 Å². The first kappa shape index (κ1) is 14.4. The number of aromatic nitrogens is 3. The summed E-state index contributed by atoms with van der Waals surface area (Å²) in [4.78, 5) is 21.6. The zero-order valence-corrected chi connectivity index (χ0v) is 11.9. The van der Waals surface area contributed by atoms with Crippen molar-refractivity contribution < 1.29 is 14.6 Å². The van der Waals surface area contributed by atoms with E-state index < -0.39 is 12.6 Å². The number of H-pyrrole nitrogens is 2. The number of aliphatic hydroxyl groups is 1. The number of allylic oxidation sites excluding steroid dienone is 1. The number of carbonyl (C=O) groups excluding carboxylic acids is 1. The van der Waals surface area contributed by atoms with Crippen LogP contribution >= 0.6 is 0 Å².